The minimum atomic E-state index is -0.422. The summed E-state index contributed by atoms with van der Waals surface area (Å²) >= 11 is 5.94. The van der Waals surface area contributed by atoms with Crippen molar-refractivity contribution < 1.29 is 4.79 Å². The highest BCUT2D eigenvalue weighted by atomic mass is 35.5. The lowest BCUT2D eigenvalue weighted by molar-refractivity contribution is -0.126. The Morgan fingerprint density at radius 1 is 1.55 bits per heavy atom. The summed E-state index contributed by atoms with van der Waals surface area (Å²) in [5, 5.41) is 15.7. The SMILES string of the molecule is CC(C)C1(C(=O)Nc2cc(Cl)ccc2C#N)CCNC1. The highest BCUT2D eigenvalue weighted by Gasteiger charge is 2.44. The fraction of sp³-hybridized carbons (Fsp3) is 0.467. The first-order valence-corrected chi connectivity index (χ1v) is 7.09. The van der Waals surface area contributed by atoms with Crippen molar-refractivity contribution >= 4 is 23.2 Å². The quantitative estimate of drug-likeness (QED) is 0.900. The van der Waals surface area contributed by atoms with Gasteiger partial charge in [0.25, 0.3) is 0 Å². The number of carbonyl (C=O) groups excluding carboxylic acids is 1. The summed E-state index contributed by atoms with van der Waals surface area (Å²) < 4.78 is 0. The minimum Gasteiger partial charge on any atom is -0.324 e. The lowest BCUT2D eigenvalue weighted by Gasteiger charge is -2.31. The van der Waals surface area contributed by atoms with E-state index in [2.05, 4.69) is 30.6 Å². The third-order valence-corrected chi connectivity index (χ3v) is 4.33. The van der Waals surface area contributed by atoms with Crippen molar-refractivity contribution in [1.29, 1.82) is 5.26 Å². The Labute approximate surface area is 124 Å². The smallest absolute Gasteiger partial charge is 0.232 e. The second-order valence-corrected chi connectivity index (χ2v) is 5.93. The van der Waals surface area contributed by atoms with Gasteiger partial charge in [-0.05, 0) is 37.1 Å². The molecule has 0 saturated carbocycles. The van der Waals surface area contributed by atoms with E-state index >= 15 is 0 Å². The molecular weight excluding hydrogens is 274 g/mol. The van der Waals surface area contributed by atoms with Crippen molar-refractivity contribution in [2.75, 3.05) is 18.4 Å². The molecule has 4 nitrogen and oxygen atoms in total. The summed E-state index contributed by atoms with van der Waals surface area (Å²) in [5.74, 6) is 0.179. The lowest BCUT2D eigenvalue weighted by Crippen LogP contribution is -2.42. The standard InChI is InChI=1S/C15H18ClN3O/c1-10(2)15(5-6-18-9-15)14(20)19-13-7-12(16)4-3-11(13)8-17/h3-4,7,10,18H,5-6,9H2,1-2H3,(H,19,20). The van der Waals surface area contributed by atoms with Crippen LogP contribution in [-0.4, -0.2) is 19.0 Å². The number of amides is 1. The van der Waals surface area contributed by atoms with E-state index in [9.17, 15) is 4.79 Å². The third kappa shape index (κ3) is 2.65. The Kier molecular flexibility index (Phi) is 4.32. The molecule has 2 rings (SSSR count). The number of benzene rings is 1. The van der Waals surface area contributed by atoms with Crippen molar-refractivity contribution in [3.8, 4) is 6.07 Å². The fourth-order valence-electron chi connectivity index (χ4n) is 2.62. The summed E-state index contributed by atoms with van der Waals surface area (Å²) in [6.07, 6.45) is 0.805. The van der Waals surface area contributed by atoms with Gasteiger partial charge in [0.05, 0.1) is 16.7 Å². The van der Waals surface area contributed by atoms with Gasteiger partial charge in [-0.1, -0.05) is 25.4 Å². The Bertz CT molecular complexity index is 557. The molecule has 0 aromatic heterocycles. The largest absolute Gasteiger partial charge is 0.324 e. The van der Waals surface area contributed by atoms with Gasteiger partial charge in [-0.2, -0.15) is 5.26 Å². The van der Waals surface area contributed by atoms with E-state index in [1.54, 1.807) is 18.2 Å². The lowest BCUT2D eigenvalue weighted by atomic mass is 9.75. The number of nitrogens with one attached hydrogen (secondary N) is 2. The van der Waals surface area contributed by atoms with Gasteiger partial charge in [0.2, 0.25) is 5.91 Å². The maximum absolute atomic E-state index is 12.7. The van der Waals surface area contributed by atoms with E-state index < -0.39 is 5.41 Å². The molecule has 0 aliphatic carbocycles. The Morgan fingerprint density at radius 3 is 2.85 bits per heavy atom. The molecule has 106 valence electrons. The molecule has 1 aromatic carbocycles. The van der Waals surface area contributed by atoms with Crippen molar-refractivity contribution in [3.05, 3.63) is 28.8 Å². The van der Waals surface area contributed by atoms with Crippen LogP contribution in [0, 0.1) is 22.7 Å². The highest BCUT2D eigenvalue weighted by Crippen LogP contribution is 2.36. The van der Waals surface area contributed by atoms with Crippen LogP contribution in [0.1, 0.15) is 25.8 Å². The second-order valence-electron chi connectivity index (χ2n) is 5.49. The van der Waals surface area contributed by atoms with Gasteiger partial charge in [-0.15, -0.1) is 0 Å². The van der Waals surface area contributed by atoms with Crippen molar-refractivity contribution in [2.24, 2.45) is 11.3 Å². The van der Waals surface area contributed by atoms with Gasteiger partial charge in [0.15, 0.2) is 0 Å². The molecule has 2 N–H and O–H groups in total. The Balaban J connectivity index is 2.28. The molecule has 1 fully saturated rings. The molecule has 5 heteroatoms. The zero-order chi connectivity index (χ0) is 14.8. The first-order valence-electron chi connectivity index (χ1n) is 6.71. The van der Waals surface area contributed by atoms with Crippen LogP contribution in [0.15, 0.2) is 18.2 Å². The molecular formula is C15H18ClN3O. The van der Waals surface area contributed by atoms with E-state index in [0.717, 1.165) is 13.0 Å². The molecule has 1 aromatic rings. The van der Waals surface area contributed by atoms with Gasteiger partial charge in [0.1, 0.15) is 6.07 Å². The zero-order valence-electron chi connectivity index (χ0n) is 11.7. The summed E-state index contributed by atoms with van der Waals surface area (Å²) in [7, 11) is 0. The van der Waals surface area contributed by atoms with Crippen molar-refractivity contribution in [1.82, 2.24) is 5.32 Å². The monoisotopic (exact) mass is 291 g/mol. The van der Waals surface area contributed by atoms with Crippen molar-refractivity contribution in [3.63, 3.8) is 0 Å². The third-order valence-electron chi connectivity index (χ3n) is 4.10. The molecule has 1 aliphatic heterocycles. The number of halogens is 1. The Hall–Kier alpha value is -1.57. The maximum atomic E-state index is 12.7. The Morgan fingerprint density at radius 2 is 2.30 bits per heavy atom. The molecule has 1 atom stereocenters. The molecule has 20 heavy (non-hydrogen) atoms. The van der Waals surface area contributed by atoms with Crippen LogP contribution >= 0.6 is 11.6 Å². The molecule has 1 aliphatic rings. The van der Waals surface area contributed by atoms with E-state index in [4.69, 9.17) is 16.9 Å². The van der Waals surface area contributed by atoms with Crippen LogP contribution in [0.5, 0.6) is 0 Å². The van der Waals surface area contributed by atoms with Crippen LogP contribution in [0.2, 0.25) is 5.02 Å². The minimum absolute atomic E-state index is 0.0451. The van der Waals surface area contributed by atoms with E-state index in [1.165, 1.54) is 0 Å². The average Bonchev–Trinajstić information content (AvgIpc) is 2.89. The maximum Gasteiger partial charge on any atom is 0.232 e. The van der Waals surface area contributed by atoms with Gasteiger partial charge in [0, 0.05) is 11.6 Å². The van der Waals surface area contributed by atoms with E-state index in [0.29, 0.717) is 22.8 Å². The molecule has 0 bridgehead atoms. The van der Waals surface area contributed by atoms with Gasteiger partial charge < -0.3 is 10.6 Å². The number of carbonyl (C=O) groups is 1. The van der Waals surface area contributed by atoms with Crippen LogP contribution in [-0.2, 0) is 4.79 Å². The summed E-state index contributed by atoms with van der Waals surface area (Å²) in [5.41, 5.74) is 0.485. The van der Waals surface area contributed by atoms with Crippen molar-refractivity contribution in [2.45, 2.75) is 20.3 Å². The summed E-state index contributed by atoms with van der Waals surface area (Å²) in [4.78, 5) is 12.7. The molecule has 0 spiro atoms. The normalized spacial score (nSPS) is 21.8. The summed E-state index contributed by atoms with van der Waals surface area (Å²) in [6.45, 7) is 5.61. The average molecular weight is 292 g/mol. The number of hydrogen-bond acceptors (Lipinski definition) is 3. The van der Waals surface area contributed by atoms with Gasteiger partial charge >= 0.3 is 0 Å². The first-order chi connectivity index (χ1) is 9.49. The van der Waals surface area contributed by atoms with Gasteiger partial charge in [-0.25, -0.2) is 0 Å². The van der Waals surface area contributed by atoms with Crippen LogP contribution in [0.4, 0.5) is 5.69 Å². The molecule has 1 unspecified atom stereocenters. The number of anilines is 1. The van der Waals surface area contributed by atoms with E-state index in [-0.39, 0.29) is 11.8 Å². The highest BCUT2D eigenvalue weighted by molar-refractivity contribution is 6.31. The van der Waals surface area contributed by atoms with Gasteiger partial charge in [-0.3, -0.25) is 4.79 Å². The molecule has 1 amide bonds. The van der Waals surface area contributed by atoms with Crippen LogP contribution in [0.25, 0.3) is 0 Å². The molecule has 1 saturated heterocycles. The first kappa shape index (κ1) is 14.8. The second kappa shape index (κ2) is 5.82. The number of rotatable bonds is 3. The predicted molar refractivity (Wildman–Crippen MR) is 79.6 cm³/mol. The predicted octanol–water partition coefficient (Wildman–Crippen LogP) is 2.79. The van der Waals surface area contributed by atoms with E-state index in [1.807, 2.05) is 0 Å². The summed E-state index contributed by atoms with van der Waals surface area (Å²) in [6, 6.07) is 6.95. The zero-order valence-corrected chi connectivity index (χ0v) is 12.4. The molecule has 1 heterocycles. The topological polar surface area (TPSA) is 64.9 Å². The van der Waals surface area contributed by atoms with Crippen LogP contribution in [0.3, 0.4) is 0 Å². The van der Waals surface area contributed by atoms with Crippen LogP contribution < -0.4 is 10.6 Å². The molecule has 0 radical (unpaired) electrons. The number of hydrogen-bond donors (Lipinski definition) is 2. The number of nitriles is 1. The fourth-order valence-corrected chi connectivity index (χ4v) is 2.80. The number of nitrogens with zero attached hydrogens (tertiary/aromatic N) is 1.